The minimum absolute atomic E-state index is 0. The lowest BCUT2D eigenvalue weighted by Crippen LogP contribution is -2.30. The maximum atomic E-state index is 5.82. The summed E-state index contributed by atoms with van der Waals surface area (Å²) < 4.78 is 16.8. The third-order valence-electron chi connectivity index (χ3n) is 4.20. The van der Waals surface area contributed by atoms with Gasteiger partial charge >= 0.3 is 0 Å². The number of rotatable bonds is 11. The number of benzene rings is 2. The Kier molecular flexibility index (Phi) is 12.8. The third kappa shape index (κ3) is 9.65. The van der Waals surface area contributed by atoms with Crippen molar-refractivity contribution in [1.29, 1.82) is 0 Å². The second-order valence-corrected chi connectivity index (χ2v) is 6.92. The van der Waals surface area contributed by atoms with Crippen LogP contribution in [0.4, 0.5) is 5.69 Å². The van der Waals surface area contributed by atoms with Crippen molar-refractivity contribution in [2.24, 2.45) is 4.99 Å². The van der Waals surface area contributed by atoms with Crippen molar-refractivity contribution >= 4 is 35.6 Å². The van der Waals surface area contributed by atoms with Crippen LogP contribution in [0.3, 0.4) is 0 Å². The molecule has 172 valence electrons. The molecule has 2 rings (SSSR count). The molecule has 0 saturated carbocycles. The van der Waals surface area contributed by atoms with Gasteiger partial charge in [0.15, 0.2) is 17.5 Å². The molecule has 0 bridgehead atoms. The Hall–Kier alpha value is -2.20. The van der Waals surface area contributed by atoms with E-state index in [0.29, 0.717) is 37.2 Å². The van der Waals surface area contributed by atoms with Gasteiger partial charge in [-0.05, 0) is 57.8 Å². The Morgan fingerprint density at radius 1 is 1.03 bits per heavy atom. The number of hydrogen-bond donors (Lipinski definition) is 2. The molecule has 0 atom stereocenters. The highest BCUT2D eigenvalue weighted by molar-refractivity contribution is 14.0. The predicted molar refractivity (Wildman–Crippen MR) is 139 cm³/mol. The van der Waals surface area contributed by atoms with Crippen molar-refractivity contribution in [3.63, 3.8) is 0 Å². The molecule has 7 nitrogen and oxygen atoms in total. The lowest BCUT2D eigenvalue weighted by Gasteiger charge is -2.15. The lowest BCUT2D eigenvalue weighted by atomic mass is 10.2. The van der Waals surface area contributed by atoms with E-state index < -0.39 is 0 Å². The van der Waals surface area contributed by atoms with Crippen LogP contribution in [0, 0.1) is 0 Å². The molecule has 2 aromatic rings. The van der Waals surface area contributed by atoms with Crippen LogP contribution in [-0.4, -0.2) is 58.4 Å². The van der Waals surface area contributed by atoms with Crippen LogP contribution >= 0.6 is 24.0 Å². The average molecular weight is 542 g/mol. The van der Waals surface area contributed by atoms with Crippen molar-refractivity contribution in [2.75, 3.05) is 52.8 Å². The summed E-state index contributed by atoms with van der Waals surface area (Å²) in [4.78, 5) is 6.80. The van der Waals surface area contributed by atoms with Crippen LogP contribution in [0.1, 0.15) is 19.4 Å². The normalized spacial score (nSPS) is 11.0. The van der Waals surface area contributed by atoms with E-state index in [4.69, 9.17) is 19.2 Å². The molecule has 31 heavy (non-hydrogen) atoms. The number of aliphatic imine (C=N–C) groups is 1. The van der Waals surface area contributed by atoms with Gasteiger partial charge in [0, 0.05) is 24.8 Å². The Balaban J connectivity index is 0.00000480. The molecular formula is C23H35IN4O3. The molecule has 0 aliphatic heterocycles. The number of methoxy groups -OCH3 is 1. The fourth-order valence-electron chi connectivity index (χ4n) is 2.72. The van der Waals surface area contributed by atoms with Crippen molar-refractivity contribution in [1.82, 2.24) is 10.2 Å². The number of halogens is 1. The molecule has 2 aromatic carbocycles. The summed E-state index contributed by atoms with van der Waals surface area (Å²) in [6.45, 7) is 7.38. The Morgan fingerprint density at radius 3 is 2.52 bits per heavy atom. The highest BCUT2D eigenvalue weighted by Gasteiger charge is 2.07. The van der Waals surface area contributed by atoms with E-state index in [9.17, 15) is 0 Å². The number of nitrogens with zero attached hydrogens (tertiary/aromatic N) is 2. The second kappa shape index (κ2) is 14.7. The molecule has 0 fully saturated rings. The molecule has 8 heteroatoms. The average Bonchev–Trinajstić information content (AvgIpc) is 2.73. The smallest absolute Gasteiger partial charge is 0.196 e. The van der Waals surface area contributed by atoms with Gasteiger partial charge in [0.25, 0.3) is 0 Å². The minimum Gasteiger partial charge on any atom is -0.493 e. The predicted octanol–water partition coefficient (Wildman–Crippen LogP) is 4.23. The number of ether oxygens (including phenoxy) is 3. The fourth-order valence-corrected chi connectivity index (χ4v) is 2.72. The van der Waals surface area contributed by atoms with Crippen LogP contribution in [0.2, 0.25) is 0 Å². The van der Waals surface area contributed by atoms with Crippen LogP contribution in [0.15, 0.2) is 47.5 Å². The van der Waals surface area contributed by atoms with Gasteiger partial charge < -0.3 is 29.7 Å². The van der Waals surface area contributed by atoms with Crippen molar-refractivity contribution < 1.29 is 14.2 Å². The number of likely N-dealkylation sites (N-methyl/N-ethyl adjacent to an activating group) is 1. The van der Waals surface area contributed by atoms with Gasteiger partial charge in [0.1, 0.15) is 12.4 Å². The molecule has 0 spiro atoms. The van der Waals surface area contributed by atoms with Gasteiger partial charge in [0.05, 0.1) is 20.3 Å². The summed E-state index contributed by atoms with van der Waals surface area (Å²) in [5.74, 6) is 2.96. The third-order valence-corrected chi connectivity index (χ3v) is 4.20. The number of guanidine groups is 1. The SMILES string of the molecule is CCNC(=NCc1cccc(OCCN(C)C)c1)Nc1ccc(OC)c(OCC)c1.I. The molecule has 2 N–H and O–H groups in total. The van der Waals surface area contributed by atoms with Crippen LogP contribution in [-0.2, 0) is 6.54 Å². The van der Waals surface area contributed by atoms with Crippen LogP contribution < -0.4 is 24.8 Å². The standard InChI is InChI=1S/C23H34N4O3.HI/c1-6-24-23(26-19-11-12-21(28-5)22(16-19)29-7-2)25-17-18-9-8-10-20(15-18)30-14-13-27(3)4;/h8-12,15-16H,6-7,13-14,17H2,1-5H3,(H2,24,25,26);1H. The first-order valence-corrected chi connectivity index (χ1v) is 10.3. The van der Waals surface area contributed by atoms with Crippen molar-refractivity contribution in [2.45, 2.75) is 20.4 Å². The highest BCUT2D eigenvalue weighted by atomic mass is 127. The highest BCUT2D eigenvalue weighted by Crippen LogP contribution is 2.30. The summed E-state index contributed by atoms with van der Waals surface area (Å²) in [7, 11) is 5.70. The maximum absolute atomic E-state index is 5.82. The summed E-state index contributed by atoms with van der Waals surface area (Å²) in [6.07, 6.45) is 0. The van der Waals surface area contributed by atoms with E-state index >= 15 is 0 Å². The quantitative estimate of drug-likeness (QED) is 0.252. The zero-order valence-electron chi connectivity index (χ0n) is 19.1. The number of nitrogens with one attached hydrogen (secondary N) is 2. The van der Waals surface area contributed by atoms with Gasteiger partial charge in [-0.3, -0.25) is 0 Å². The Labute approximate surface area is 203 Å². The first-order chi connectivity index (χ1) is 14.5. The minimum atomic E-state index is 0. The zero-order valence-corrected chi connectivity index (χ0v) is 21.4. The largest absolute Gasteiger partial charge is 0.493 e. The molecule has 0 heterocycles. The molecule has 0 radical (unpaired) electrons. The molecule has 0 aliphatic carbocycles. The monoisotopic (exact) mass is 542 g/mol. The summed E-state index contributed by atoms with van der Waals surface area (Å²) in [5.41, 5.74) is 1.96. The van der Waals surface area contributed by atoms with Gasteiger partial charge in [0.2, 0.25) is 0 Å². The summed E-state index contributed by atoms with van der Waals surface area (Å²) >= 11 is 0. The Bertz CT molecular complexity index is 815. The lowest BCUT2D eigenvalue weighted by molar-refractivity contribution is 0.261. The van der Waals surface area contributed by atoms with Gasteiger partial charge in [-0.1, -0.05) is 12.1 Å². The summed E-state index contributed by atoms with van der Waals surface area (Å²) in [6, 6.07) is 13.8. The van der Waals surface area contributed by atoms with E-state index in [1.807, 2.05) is 70.4 Å². The van der Waals surface area contributed by atoms with E-state index in [-0.39, 0.29) is 24.0 Å². The Morgan fingerprint density at radius 2 is 1.84 bits per heavy atom. The molecule has 0 saturated heterocycles. The fraction of sp³-hybridized carbons (Fsp3) is 0.435. The maximum Gasteiger partial charge on any atom is 0.196 e. The van der Waals surface area contributed by atoms with Crippen LogP contribution in [0.25, 0.3) is 0 Å². The van der Waals surface area contributed by atoms with E-state index in [0.717, 1.165) is 30.1 Å². The molecule has 0 amide bonds. The zero-order chi connectivity index (χ0) is 21.8. The first kappa shape index (κ1) is 26.8. The number of hydrogen-bond acceptors (Lipinski definition) is 5. The van der Waals surface area contributed by atoms with E-state index in [1.165, 1.54) is 0 Å². The van der Waals surface area contributed by atoms with Crippen molar-refractivity contribution in [3.05, 3.63) is 48.0 Å². The molecular weight excluding hydrogens is 507 g/mol. The summed E-state index contributed by atoms with van der Waals surface area (Å²) in [5, 5.41) is 6.60. The van der Waals surface area contributed by atoms with Crippen molar-refractivity contribution in [3.8, 4) is 17.2 Å². The van der Waals surface area contributed by atoms with Gasteiger partial charge in [-0.25, -0.2) is 4.99 Å². The topological polar surface area (TPSA) is 67.4 Å². The van der Waals surface area contributed by atoms with E-state index in [1.54, 1.807) is 7.11 Å². The second-order valence-electron chi connectivity index (χ2n) is 6.92. The van der Waals surface area contributed by atoms with Gasteiger partial charge in [-0.15, -0.1) is 24.0 Å². The van der Waals surface area contributed by atoms with Crippen LogP contribution in [0.5, 0.6) is 17.2 Å². The van der Waals surface area contributed by atoms with E-state index in [2.05, 4.69) is 15.5 Å². The number of anilines is 1. The molecule has 0 aromatic heterocycles. The molecule has 0 aliphatic rings. The van der Waals surface area contributed by atoms with Gasteiger partial charge in [-0.2, -0.15) is 0 Å². The first-order valence-electron chi connectivity index (χ1n) is 10.3. The molecule has 0 unspecified atom stereocenters.